The quantitative estimate of drug-likeness (QED) is 0.846. The molecule has 2 aromatic rings. The average Bonchev–Trinajstić information content (AvgIpc) is 3.37. The summed E-state index contributed by atoms with van der Waals surface area (Å²) in [7, 11) is 0. The van der Waals surface area contributed by atoms with Gasteiger partial charge in [-0.15, -0.1) is 0 Å². The molecule has 1 aliphatic carbocycles. The molecule has 1 aromatic heterocycles. The molecule has 1 saturated carbocycles. The number of nitriles is 1. The maximum Gasteiger partial charge on any atom is 0.111 e. The zero-order chi connectivity index (χ0) is 16.4. The van der Waals surface area contributed by atoms with Gasteiger partial charge in [-0.3, -0.25) is 14.5 Å². The Hall–Kier alpha value is -2.16. The number of nitrogens with zero attached hydrogens (tertiary/aromatic N) is 5. The lowest BCUT2D eigenvalue weighted by Gasteiger charge is -2.38. The molecule has 2 heterocycles. The summed E-state index contributed by atoms with van der Waals surface area (Å²) in [5, 5.41) is 13.9. The summed E-state index contributed by atoms with van der Waals surface area (Å²) in [6.45, 7) is 4.58. The molecule has 1 aliphatic heterocycles. The first kappa shape index (κ1) is 15.4. The number of aromatic nitrogens is 2. The van der Waals surface area contributed by atoms with Crippen molar-refractivity contribution in [2.24, 2.45) is 0 Å². The van der Waals surface area contributed by atoms with Gasteiger partial charge in [-0.1, -0.05) is 30.3 Å². The third kappa shape index (κ3) is 3.50. The molecule has 0 spiro atoms. The summed E-state index contributed by atoms with van der Waals surface area (Å²) in [6.07, 6.45) is 6.62. The molecule has 2 fully saturated rings. The lowest BCUT2D eigenvalue weighted by Crippen LogP contribution is -2.52. The molecule has 1 unspecified atom stereocenters. The van der Waals surface area contributed by atoms with E-state index in [0.29, 0.717) is 6.04 Å². The molecule has 5 heteroatoms. The highest BCUT2D eigenvalue weighted by Crippen LogP contribution is 2.30. The third-order valence-corrected chi connectivity index (χ3v) is 4.95. The average molecular weight is 321 g/mol. The Morgan fingerprint density at radius 2 is 1.92 bits per heavy atom. The summed E-state index contributed by atoms with van der Waals surface area (Å²) >= 11 is 0. The second-order valence-corrected chi connectivity index (χ2v) is 6.88. The van der Waals surface area contributed by atoms with Gasteiger partial charge in [0.2, 0.25) is 0 Å². The normalized spacial score (nSPS) is 22.4. The van der Waals surface area contributed by atoms with Crippen molar-refractivity contribution in [1.82, 2.24) is 19.6 Å². The van der Waals surface area contributed by atoms with Crippen molar-refractivity contribution in [1.29, 1.82) is 5.26 Å². The molecular formula is C19H23N5. The summed E-state index contributed by atoms with van der Waals surface area (Å²) in [4.78, 5) is 4.78. The molecule has 1 saturated heterocycles. The van der Waals surface area contributed by atoms with Crippen molar-refractivity contribution in [3.63, 3.8) is 0 Å². The minimum Gasteiger partial charge on any atom is -0.295 e. The molecule has 0 bridgehead atoms. The Morgan fingerprint density at radius 1 is 1.08 bits per heavy atom. The standard InChI is InChI=1S/C19H23N5/c20-10-19-15-22(8-9-24(19)18-6-7-18)12-17-11-21-23(14-17)13-16-4-2-1-3-5-16/h1-5,11,14,18-19H,6-9,12-13,15H2. The van der Waals surface area contributed by atoms with E-state index in [2.05, 4.69) is 51.4 Å². The Kier molecular flexibility index (Phi) is 4.33. The van der Waals surface area contributed by atoms with Crippen LogP contribution in [-0.4, -0.2) is 51.3 Å². The van der Waals surface area contributed by atoms with Crippen LogP contribution >= 0.6 is 0 Å². The first-order valence-electron chi connectivity index (χ1n) is 8.75. The predicted octanol–water partition coefficient (Wildman–Crippen LogP) is 2.10. The van der Waals surface area contributed by atoms with Crippen LogP contribution in [0.25, 0.3) is 0 Å². The van der Waals surface area contributed by atoms with Crippen LogP contribution < -0.4 is 0 Å². The fourth-order valence-corrected chi connectivity index (χ4v) is 3.56. The van der Waals surface area contributed by atoms with Gasteiger partial charge in [-0.25, -0.2) is 0 Å². The van der Waals surface area contributed by atoms with Gasteiger partial charge in [0.15, 0.2) is 0 Å². The van der Waals surface area contributed by atoms with Crippen LogP contribution in [0.15, 0.2) is 42.7 Å². The van der Waals surface area contributed by atoms with Crippen molar-refractivity contribution in [3.05, 3.63) is 53.9 Å². The first-order chi connectivity index (χ1) is 11.8. The van der Waals surface area contributed by atoms with E-state index in [1.54, 1.807) is 0 Å². The highest BCUT2D eigenvalue weighted by atomic mass is 15.3. The first-order valence-corrected chi connectivity index (χ1v) is 8.75. The van der Waals surface area contributed by atoms with Gasteiger partial charge in [0, 0.05) is 44.0 Å². The zero-order valence-electron chi connectivity index (χ0n) is 13.9. The van der Waals surface area contributed by atoms with Crippen LogP contribution in [-0.2, 0) is 13.1 Å². The molecule has 2 aliphatic rings. The molecule has 1 atom stereocenters. The van der Waals surface area contributed by atoms with Gasteiger partial charge < -0.3 is 0 Å². The smallest absolute Gasteiger partial charge is 0.111 e. The van der Waals surface area contributed by atoms with Crippen LogP contribution in [0, 0.1) is 11.3 Å². The van der Waals surface area contributed by atoms with Crippen LogP contribution in [0.5, 0.6) is 0 Å². The molecule has 1 aromatic carbocycles. The van der Waals surface area contributed by atoms with Crippen molar-refractivity contribution in [2.45, 2.75) is 38.0 Å². The monoisotopic (exact) mass is 321 g/mol. The van der Waals surface area contributed by atoms with Crippen LogP contribution in [0.3, 0.4) is 0 Å². The van der Waals surface area contributed by atoms with E-state index < -0.39 is 0 Å². The number of hydrogen-bond donors (Lipinski definition) is 0. The SMILES string of the molecule is N#CC1CN(Cc2cnn(Cc3ccccc3)c2)CCN1C1CC1. The molecule has 5 nitrogen and oxygen atoms in total. The topological polar surface area (TPSA) is 48.1 Å². The summed E-state index contributed by atoms with van der Waals surface area (Å²) in [6, 6.07) is 13.6. The fourth-order valence-electron chi connectivity index (χ4n) is 3.56. The molecule has 124 valence electrons. The van der Waals surface area contributed by atoms with E-state index in [9.17, 15) is 5.26 Å². The minimum absolute atomic E-state index is 0.0469. The van der Waals surface area contributed by atoms with E-state index >= 15 is 0 Å². The van der Waals surface area contributed by atoms with E-state index in [1.807, 2.05) is 16.9 Å². The molecule has 0 radical (unpaired) electrons. The molecule has 0 amide bonds. The fraction of sp³-hybridized carbons (Fsp3) is 0.474. The summed E-state index contributed by atoms with van der Waals surface area (Å²) in [5.41, 5.74) is 2.48. The van der Waals surface area contributed by atoms with E-state index in [0.717, 1.165) is 32.7 Å². The highest BCUT2D eigenvalue weighted by molar-refractivity contribution is 5.15. The van der Waals surface area contributed by atoms with Crippen molar-refractivity contribution < 1.29 is 0 Å². The summed E-state index contributed by atoms with van der Waals surface area (Å²) < 4.78 is 1.99. The van der Waals surface area contributed by atoms with E-state index in [-0.39, 0.29) is 6.04 Å². The molecule has 4 rings (SSSR count). The van der Waals surface area contributed by atoms with Crippen LogP contribution in [0.4, 0.5) is 0 Å². The highest BCUT2D eigenvalue weighted by Gasteiger charge is 2.37. The summed E-state index contributed by atoms with van der Waals surface area (Å²) in [5.74, 6) is 0. The molecular weight excluding hydrogens is 298 g/mol. The number of piperazine rings is 1. The minimum atomic E-state index is 0.0469. The molecule has 0 N–H and O–H groups in total. The lowest BCUT2D eigenvalue weighted by molar-refractivity contribution is 0.0897. The number of rotatable bonds is 5. The van der Waals surface area contributed by atoms with Gasteiger partial charge in [0.05, 0.1) is 18.8 Å². The van der Waals surface area contributed by atoms with Crippen LogP contribution in [0.2, 0.25) is 0 Å². The lowest BCUT2D eigenvalue weighted by atomic mass is 10.1. The Balaban J connectivity index is 1.35. The van der Waals surface area contributed by atoms with Gasteiger partial charge >= 0.3 is 0 Å². The van der Waals surface area contributed by atoms with E-state index in [1.165, 1.54) is 24.0 Å². The van der Waals surface area contributed by atoms with Gasteiger partial charge in [0.25, 0.3) is 0 Å². The second kappa shape index (κ2) is 6.76. The Labute approximate surface area is 143 Å². The van der Waals surface area contributed by atoms with Crippen molar-refractivity contribution in [3.8, 4) is 6.07 Å². The van der Waals surface area contributed by atoms with Crippen molar-refractivity contribution in [2.75, 3.05) is 19.6 Å². The van der Waals surface area contributed by atoms with Gasteiger partial charge in [-0.2, -0.15) is 10.4 Å². The van der Waals surface area contributed by atoms with Crippen molar-refractivity contribution >= 4 is 0 Å². The molecule has 24 heavy (non-hydrogen) atoms. The Morgan fingerprint density at radius 3 is 2.67 bits per heavy atom. The third-order valence-electron chi connectivity index (χ3n) is 4.95. The predicted molar refractivity (Wildman–Crippen MR) is 92.2 cm³/mol. The Bertz CT molecular complexity index is 713. The number of benzene rings is 1. The van der Waals surface area contributed by atoms with Crippen LogP contribution in [0.1, 0.15) is 24.0 Å². The van der Waals surface area contributed by atoms with Gasteiger partial charge in [-0.05, 0) is 18.4 Å². The largest absolute Gasteiger partial charge is 0.295 e. The maximum atomic E-state index is 9.46. The zero-order valence-corrected chi connectivity index (χ0v) is 13.9. The van der Waals surface area contributed by atoms with E-state index in [4.69, 9.17) is 0 Å². The second-order valence-electron chi connectivity index (χ2n) is 6.88. The van der Waals surface area contributed by atoms with Gasteiger partial charge in [0.1, 0.15) is 6.04 Å². The maximum absolute atomic E-state index is 9.46. The number of hydrogen-bond acceptors (Lipinski definition) is 4.